The number of allylic oxidation sites excluding steroid dienone is 1. The summed E-state index contributed by atoms with van der Waals surface area (Å²) in [6.07, 6.45) is 4.90. The molecule has 0 amide bonds. The van der Waals surface area contributed by atoms with Crippen LogP contribution in [0.1, 0.15) is 49.8 Å². The highest BCUT2D eigenvalue weighted by molar-refractivity contribution is 6.35. The molecule has 1 atom stereocenters. The summed E-state index contributed by atoms with van der Waals surface area (Å²) >= 11 is 6.73. The van der Waals surface area contributed by atoms with Crippen LogP contribution in [0.5, 0.6) is 5.75 Å². The summed E-state index contributed by atoms with van der Waals surface area (Å²) in [5, 5.41) is 18.1. The van der Waals surface area contributed by atoms with E-state index in [2.05, 4.69) is 13.8 Å². The largest absolute Gasteiger partial charge is 0.496 e. The van der Waals surface area contributed by atoms with Crippen LogP contribution in [0.4, 0.5) is 10.1 Å². The molecule has 0 fully saturated rings. The minimum atomic E-state index is -0.664. The van der Waals surface area contributed by atoms with Crippen LogP contribution < -0.4 is 9.64 Å². The van der Waals surface area contributed by atoms with Crippen molar-refractivity contribution < 1.29 is 9.13 Å². The summed E-state index contributed by atoms with van der Waals surface area (Å²) in [6, 6.07) is 11.4. The molecule has 0 saturated heterocycles. The zero-order valence-electron chi connectivity index (χ0n) is 17.8. The Kier molecular flexibility index (Phi) is 8.44. The van der Waals surface area contributed by atoms with Crippen LogP contribution in [0.15, 0.2) is 47.6 Å². The summed E-state index contributed by atoms with van der Waals surface area (Å²) in [7, 11) is 1.60. The molecule has 0 heterocycles. The SMILES string of the molecule is CCCC(/C=C(\Cl)N(C(=N)c1ccc(C#N)c(F)c1)c1ccc(OC)c(C)c1)CC. The number of methoxy groups -OCH3 is 1. The van der Waals surface area contributed by atoms with E-state index in [9.17, 15) is 4.39 Å². The van der Waals surface area contributed by atoms with Gasteiger partial charge in [0, 0.05) is 11.3 Å². The average Bonchev–Trinajstić information content (AvgIpc) is 2.73. The first-order valence-electron chi connectivity index (χ1n) is 9.96. The normalized spacial score (nSPS) is 12.2. The van der Waals surface area contributed by atoms with E-state index in [1.807, 2.05) is 31.2 Å². The van der Waals surface area contributed by atoms with Crippen molar-refractivity contribution in [2.75, 3.05) is 12.0 Å². The van der Waals surface area contributed by atoms with Crippen molar-refractivity contribution >= 4 is 23.1 Å². The molecule has 30 heavy (non-hydrogen) atoms. The number of ether oxygens (including phenoxy) is 1. The van der Waals surface area contributed by atoms with E-state index in [0.29, 0.717) is 16.4 Å². The minimum absolute atomic E-state index is 0.0237. The fraction of sp³-hybridized carbons (Fsp3) is 0.333. The van der Waals surface area contributed by atoms with Gasteiger partial charge in [-0.15, -0.1) is 0 Å². The Morgan fingerprint density at radius 1 is 1.30 bits per heavy atom. The lowest BCUT2D eigenvalue weighted by Gasteiger charge is -2.26. The number of nitrogens with one attached hydrogen (secondary N) is 1. The van der Waals surface area contributed by atoms with Gasteiger partial charge in [-0.3, -0.25) is 10.3 Å². The molecule has 6 heteroatoms. The van der Waals surface area contributed by atoms with Crippen molar-refractivity contribution in [3.05, 3.63) is 70.1 Å². The molecule has 0 aliphatic heterocycles. The molecular weight excluding hydrogens is 401 g/mol. The highest BCUT2D eigenvalue weighted by Crippen LogP contribution is 2.31. The Hall–Kier alpha value is -2.84. The number of amidine groups is 1. The van der Waals surface area contributed by atoms with Crippen LogP contribution in [-0.4, -0.2) is 12.9 Å². The van der Waals surface area contributed by atoms with Crippen LogP contribution in [0.25, 0.3) is 0 Å². The van der Waals surface area contributed by atoms with Crippen LogP contribution in [-0.2, 0) is 0 Å². The van der Waals surface area contributed by atoms with Crippen molar-refractivity contribution in [2.24, 2.45) is 5.92 Å². The predicted octanol–water partition coefficient (Wildman–Crippen LogP) is 6.75. The fourth-order valence-corrected chi connectivity index (χ4v) is 3.65. The van der Waals surface area contributed by atoms with E-state index in [4.69, 9.17) is 27.0 Å². The topological polar surface area (TPSA) is 60.1 Å². The number of rotatable bonds is 8. The monoisotopic (exact) mass is 427 g/mol. The van der Waals surface area contributed by atoms with E-state index < -0.39 is 5.82 Å². The molecule has 0 radical (unpaired) electrons. The Morgan fingerprint density at radius 2 is 2.03 bits per heavy atom. The van der Waals surface area contributed by atoms with Gasteiger partial charge in [0.15, 0.2) is 0 Å². The lowest BCUT2D eigenvalue weighted by atomic mass is 10.0. The van der Waals surface area contributed by atoms with Crippen LogP contribution in [0.2, 0.25) is 0 Å². The number of hydrogen-bond donors (Lipinski definition) is 1. The van der Waals surface area contributed by atoms with Gasteiger partial charge in [0.2, 0.25) is 0 Å². The lowest BCUT2D eigenvalue weighted by Crippen LogP contribution is -2.29. The van der Waals surface area contributed by atoms with Crippen molar-refractivity contribution in [3.63, 3.8) is 0 Å². The Labute approximate surface area is 183 Å². The van der Waals surface area contributed by atoms with Gasteiger partial charge in [0.1, 0.15) is 28.6 Å². The number of halogens is 2. The van der Waals surface area contributed by atoms with E-state index in [-0.39, 0.29) is 17.3 Å². The molecule has 0 spiro atoms. The fourth-order valence-electron chi connectivity index (χ4n) is 3.29. The molecule has 1 unspecified atom stereocenters. The zero-order valence-corrected chi connectivity index (χ0v) is 18.6. The molecule has 4 nitrogen and oxygen atoms in total. The Morgan fingerprint density at radius 3 is 2.57 bits per heavy atom. The lowest BCUT2D eigenvalue weighted by molar-refractivity contribution is 0.412. The summed E-state index contributed by atoms with van der Waals surface area (Å²) in [5.41, 5.74) is 1.84. The van der Waals surface area contributed by atoms with Crippen LogP contribution in [0.3, 0.4) is 0 Å². The average molecular weight is 428 g/mol. The molecule has 0 saturated carbocycles. The van der Waals surface area contributed by atoms with Gasteiger partial charge in [-0.25, -0.2) is 4.39 Å². The zero-order chi connectivity index (χ0) is 22.3. The van der Waals surface area contributed by atoms with Gasteiger partial charge in [-0.1, -0.05) is 31.9 Å². The van der Waals surface area contributed by atoms with E-state index in [1.54, 1.807) is 24.1 Å². The smallest absolute Gasteiger partial charge is 0.141 e. The Bertz CT molecular complexity index is 981. The van der Waals surface area contributed by atoms with Gasteiger partial charge in [0.25, 0.3) is 0 Å². The van der Waals surface area contributed by atoms with Gasteiger partial charge in [-0.2, -0.15) is 5.26 Å². The second kappa shape index (κ2) is 10.8. The Balaban J connectivity index is 2.56. The van der Waals surface area contributed by atoms with Crippen LogP contribution in [0, 0.1) is 35.4 Å². The van der Waals surface area contributed by atoms with Crippen molar-refractivity contribution in [3.8, 4) is 11.8 Å². The third kappa shape index (κ3) is 5.40. The first kappa shape index (κ1) is 23.4. The van der Waals surface area contributed by atoms with E-state index >= 15 is 0 Å². The minimum Gasteiger partial charge on any atom is -0.496 e. The van der Waals surface area contributed by atoms with Crippen molar-refractivity contribution in [1.82, 2.24) is 0 Å². The number of benzene rings is 2. The van der Waals surface area contributed by atoms with Crippen molar-refractivity contribution in [2.45, 2.75) is 40.0 Å². The maximum Gasteiger partial charge on any atom is 0.141 e. The summed E-state index contributed by atoms with van der Waals surface area (Å²) in [4.78, 5) is 1.59. The number of anilines is 1. The molecule has 2 aromatic rings. The number of hydrogen-bond acceptors (Lipinski definition) is 3. The van der Waals surface area contributed by atoms with Gasteiger partial charge >= 0.3 is 0 Å². The molecule has 158 valence electrons. The molecule has 1 N–H and O–H groups in total. The van der Waals surface area contributed by atoms with Crippen molar-refractivity contribution in [1.29, 1.82) is 10.7 Å². The highest BCUT2D eigenvalue weighted by Gasteiger charge is 2.21. The summed E-state index contributed by atoms with van der Waals surface area (Å²) in [5.74, 6) is 0.362. The molecule has 0 aliphatic rings. The number of aryl methyl sites for hydroxylation is 1. The summed E-state index contributed by atoms with van der Waals surface area (Å²) in [6.45, 7) is 6.13. The molecule has 0 aliphatic carbocycles. The third-order valence-electron chi connectivity index (χ3n) is 4.99. The maximum absolute atomic E-state index is 14.2. The third-order valence-corrected chi connectivity index (χ3v) is 5.29. The standard InChI is InChI=1S/C24H27ClFN3O/c1-5-7-17(6-2)13-23(25)29(20-10-11-22(30-4)16(3)12-20)24(28)18-8-9-19(15-27)21(26)14-18/h8-14,17,28H,5-7H2,1-4H3/b23-13+,28-24?. The van der Waals surface area contributed by atoms with Gasteiger partial charge in [-0.05, 0) is 73.7 Å². The highest BCUT2D eigenvalue weighted by atomic mass is 35.5. The predicted molar refractivity (Wildman–Crippen MR) is 121 cm³/mol. The van der Waals surface area contributed by atoms with Crippen LogP contribution >= 0.6 is 11.6 Å². The first-order chi connectivity index (χ1) is 14.4. The molecule has 2 aromatic carbocycles. The van der Waals surface area contributed by atoms with Gasteiger partial charge in [0.05, 0.1) is 12.7 Å². The van der Waals surface area contributed by atoms with Gasteiger partial charge < -0.3 is 4.74 Å². The summed E-state index contributed by atoms with van der Waals surface area (Å²) < 4.78 is 19.5. The second-order valence-electron chi connectivity index (χ2n) is 7.09. The molecule has 2 rings (SSSR count). The number of nitriles is 1. The van der Waals surface area contributed by atoms with E-state index in [1.165, 1.54) is 12.1 Å². The molecular formula is C24H27ClFN3O. The second-order valence-corrected chi connectivity index (χ2v) is 7.48. The molecule has 0 aromatic heterocycles. The quantitative estimate of drug-likeness (QED) is 0.288. The molecule has 0 bridgehead atoms. The first-order valence-corrected chi connectivity index (χ1v) is 10.3. The van der Waals surface area contributed by atoms with E-state index in [0.717, 1.165) is 30.6 Å². The maximum atomic E-state index is 14.2. The number of nitrogens with zero attached hydrogens (tertiary/aromatic N) is 2.